The van der Waals surface area contributed by atoms with E-state index in [2.05, 4.69) is 20.8 Å². The zero-order valence-electron chi connectivity index (χ0n) is 7.55. The predicted molar refractivity (Wildman–Crippen MR) is 46.3 cm³/mol. The van der Waals surface area contributed by atoms with Crippen LogP contribution in [0.5, 0.6) is 0 Å². The Morgan fingerprint density at radius 1 is 1.27 bits per heavy atom. The van der Waals surface area contributed by atoms with Gasteiger partial charge >= 0.3 is 0 Å². The minimum absolute atomic E-state index is 0.277. The molecule has 0 saturated carbocycles. The zero-order chi connectivity index (χ0) is 8.43. The van der Waals surface area contributed by atoms with Gasteiger partial charge in [0.25, 0.3) is 0 Å². The summed E-state index contributed by atoms with van der Waals surface area (Å²) in [4.78, 5) is 10.6. The zero-order valence-corrected chi connectivity index (χ0v) is 7.55. The van der Waals surface area contributed by atoms with Crippen LogP contribution in [0.1, 0.15) is 33.6 Å². The van der Waals surface area contributed by atoms with E-state index in [4.69, 9.17) is 0 Å². The molecule has 0 fully saturated rings. The molecule has 1 aliphatic rings. The molecule has 0 radical (unpaired) electrons. The van der Waals surface area contributed by atoms with Crippen molar-refractivity contribution in [2.75, 3.05) is 0 Å². The maximum atomic E-state index is 10.6. The number of hydrogen-bond acceptors (Lipinski definition) is 1. The van der Waals surface area contributed by atoms with Gasteiger partial charge < -0.3 is 4.79 Å². The van der Waals surface area contributed by atoms with Crippen molar-refractivity contribution in [2.45, 2.75) is 33.6 Å². The van der Waals surface area contributed by atoms with E-state index in [1.54, 1.807) is 0 Å². The van der Waals surface area contributed by atoms with Crippen molar-refractivity contribution in [3.8, 4) is 0 Å². The van der Waals surface area contributed by atoms with Gasteiger partial charge in [0, 0.05) is 5.92 Å². The Labute approximate surface area is 68.5 Å². The van der Waals surface area contributed by atoms with E-state index in [9.17, 15) is 4.79 Å². The fraction of sp³-hybridized carbons (Fsp3) is 0.700. The molecule has 0 aliphatic heterocycles. The number of aldehydes is 1. The van der Waals surface area contributed by atoms with Crippen LogP contribution in [0.25, 0.3) is 0 Å². The lowest BCUT2D eigenvalue weighted by Crippen LogP contribution is -2.18. The van der Waals surface area contributed by atoms with E-state index in [-0.39, 0.29) is 5.92 Å². The van der Waals surface area contributed by atoms with Crippen LogP contribution >= 0.6 is 0 Å². The summed E-state index contributed by atoms with van der Waals surface area (Å²) in [7, 11) is 0. The maximum absolute atomic E-state index is 10.6. The fourth-order valence-electron chi connectivity index (χ4n) is 1.72. The lowest BCUT2D eigenvalue weighted by atomic mass is 9.78. The number of allylic oxidation sites excluding steroid dienone is 2. The summed E-state index contributed by atoms with van der Waals surface area (Å²) in [5, 5.41) is 0. The molecule has 0 aromatic heterocycles. The van der Waals surface area contributed by atoms with Gasteiger partial charge in [-0.15, -0.1) is 0 Å². The SMILES string of the molecule is CC1=C(C)C[C@H](C)[C@H](C=O)C1. The molecular formula is C10H16O. The molecule has 0 amide bonds. The highest BCUT2D eigenvalue weighted by molar-refractivity contribution is 5.55. The average molecular weight is 152 g/mol. The van der Waals surface area contributed by atoms with Gasteiger partial charge in [0.05, 0.1) is 0 Å². The molecule has 0 heterocycles. The third-order valence-corrected chi connectivity index (χ3v) is 2.80. The van der Waals surface area contributed by atoms with Crippen LogP contribution in [0.15, 0.2) is 11.1 Å². The Morgan fingerprint density at radius 3 is 2.36 bits per heavy atom. The van der Waals surface area contributed by atoms with Gasteiger partial charge in [-0.25, -0.2) is 0 Å². The van der Waals surface area contributed by atoms with Crippen molar-refractivity contribution >= 4 is 6.29 Å². The minimum atomic E-state index is 0.277. The highest BCUT2D eigenvalue weighted by Crippen LogP contribution is 2.32. The quantitative estimate of drug-likeness (QED) is 0.417. The van der Waals surface area contributed by atoms with Crippen LogP contribution in [0.3, 0.4) is 0 Å². The molecule has 0 bridgehead atoms. The van der Waals surface area contributed by atoms with Gasteiger partial charge in [-0.05, 0) is 32.6 Å². The Morgan fingerprint density at radius 2 is 1.82 bits per heavy atom. The van der Waals surface area contributed by atoms with Crippen molar-refractivity contribution in [3.05, 3.63) is 11.1 Å². The first-order valence-electron chi connectivity index (χ1n) is 4.25. The van der Waals surface area contributed by atoms with Crippen LogP contribution in [0, 0.1) is 11.8 Å². The highest BCUT2D eigenvalue weighted by atomic mass is 16.1. The van der Waals surface area contributed by atoms with E-state index in [0.29, 0.717) is 5.92 Å². The Balaban J connectivity index is 2.74. The summed E-state index contributed by atoms with van der Waals surface area (Å²) >= 11 is 0. The van der Waals surface area contributed by atoms with Gasteiger partial charge in [0.2, 0.25) is 0 Å². The first-order chi connectivity index (χ1) is 5.15. The van der Waals surface area contributed by atoms with Crippen LogP contribution in [0.4, 0.5) is 0 Å². The largest absolute Gasteiger partial charge is 0.303 e. The van der Waals surface area contributed by atoms with Gasteiger partial charge in [-0.1, -0.05) is 18.1 Å². The van der Waals surface area contributed by atoms with Gasteiger partial charge in [-0.2, -0.15) is 0 Å². The Hall–Kier alpha value is -0.590. The Kier molecular flexibility index (Phi) is 2.48. The number of rotatable bonds is 1. The third kappa shape index (κ3) is 1.70. The van der Waals surface area contributed by atoms with Crippen LogP contribution in [0.2, 0.25) is 0 Å². The summed E-state index contributed by atoms with van der Waals surface area (Å²) in [6.07, 6.45) is 3.20. The molecule has 1 aliphatic carbocycles. The summed E-state index contributed by atoms with van der Waals surface area (Å²) in [6, 6.07) is 0. The molecule has 0 unspecified atom stereocenters. The van der Waals surface area contributed by atoms with Crippen LogP contribution in [-0.4, -0.2) is 6.29 Å². The fourth-order valence-corrected chi connectivity index (χ4v) is 1.72. The smallest absolute Gasteiger partial charge is 0.123 e. The molecule has 2 atom stereocenters. The molecule has 0 spiro atoms. The molecule has 0 aromatic carbocycles. The van der Waals surface area contributed by atoms with E-state index >= 15 is 0 Å². The molecule has 11 heavy (non-hydrogen) atoms. The van der Waals surface area contributed by atoms with Crippen molar-refractivity contribution in [3.63, 3.8) is 0 Å². The van der Waals surface area contributed by atoms with Crippen LogP contribution in [-0.2, 0) is 4.79 Å². The average Bonchev–Trinajstić information content (AvgIpc) is 1.97. The molecule has 1 heteroatoms. The highest BCUT2D eigenvalue weighted by Gasteiger charge is 2.22. The van der Waals surface area contributed by atoms with Crippen molar-refractivity contribution < 1.29 is 4.79 Å². The summed E-state index contributed by atoms with van der Waals surface area (Å²) in [5.41, 5.74) is 2.90. The van der Waals surface area contributed by atoms with Crippen molar-refractivity contribution in [2.24, 2.45) is 11.8 Å². The second-order valence-electron chi connectivity index (χ2n) is 3.75. The summed E-state index contributed by atoms with van der Waals surface area (Å²) in [6.45, 7) is 6.47. The van der Waals surface area contributed by atoms with Gasteiger partial charge in [0.15, 0.2) is 0 Å². The number of hydrogen-bond donors (Lipinski definition) is 0. The second-order valence-corrected chi connectivity index (χ2v) is 3.75. The Bertz CT molecular complexity index is 191. The molecular weight excluding hydrogens is 136 g/mol. The molecule has 0 N–H and O–H groups in total. The molecule has 0 saturated heterocycles. The number of carbonyl (C=O) groups excluding carboxylic acids is 1. The van der Waals surface area contributed by atoms with Gasteiger partial charge in [-0.3, -0.25) is 0 Å². The standard InChI is InChI=1S/C10H16O/c1-7-4-9(3)10(6-11)5-8(7)2/h6,9-10H,4-5H2,1-3H3/t9-,10-/m0/s1. The predicted octanol–water partition coefficient (Wildman–Crippen LogP) is 2.57. The van der Waals surface area contributed by atoms with E-state index in [1.807, 2.05) is 0 Å². The van der Waals surface area contributed by atoms with Gasteiger partial charge in [0.1, 0.15) is 6.29 Å². The van der Waals surface area contributed by atoms with E-state index < -0.39 is 0 Å². The molecule has 0 aromatic rings. The van der Waals surface area contributed by atoms with Crippen molar-refractivity contribution in [1.29, 1.82) is 0 Å². The molecule has 1 rings (SSSR count). The third-order valence-electron chi connectivity index (χ3n) is 2.80. The first kappa shape index (κ1) is 8.51. The molecule has 62 valence electrons. The van der Waals surface area contributed by atoms with Crippen LogP contribution < -0.4 is 0 Å². The lowest BCUT2D eigenvalue weighted by Gasteiger charge is -2.26. The van der Waals surface area contributed by atoms with E-state index in [0.717, 1.165) is 19.1 Å². The molecule has 1 nitrogen and oxygen atoms in total. The summed E-state index contributed by atoms with van der Waals surface area (Å²) in [5.74, 6) is 0.829. The van der Waals surface area contributed by atoms with Crippen molar-refractivity contribution in [1.82, 2.24) is 0 Å². The second kappa shape index (κ2) is 3.21. The normalized spacial score (nSPS) is 32.3. The first-order valence-corrected chi connectivity index (χ1v) is 4.25. The van der Waals surface area contributed by atoms with E-state index in [1.165, 1.54) is 11.1 Å². The minimum Gasteiger partial charge on any atom is -0.303 e. The maximum Gasteiger partial charge on any atom is 0.123 e. The topological polar surface area (TPSA) is 17.1 Å². The lowest BCUT2D eigenvalue weighted by molar-refractivity contribution is -0.112. The summed E-state index contributed by atoms with van der Waals surface area (Å²) < 4.78 is 0. The number of carbonyl (C=O) groups is 1. The monoisotopic (exact) mass is 152 g/mol.